The minimum absolute atomic E-state index is 0.00339. The molecule has 0 unspecified atom stereocenters. The van der Waals surface area contributed by atoms with E-state index in [1.807, 2.05) is 6.07 Å². The van der Waals surface area contributed by atoms with Gasteiger partial charge in [0, 0.05) is 25.5 Å². The highest BCUT2D eigenvalue weighted by Gasteiger charge is 2.63. The van der Waals surface area contributed by atoms with Gasteiger partial charge in [-0.05, 0) is 42.2 Å². The van der Waals surface area contributed by atoms with Gasteiger partial charge in [-0.3, -0.25) is 10.1 Å². The fourth-order valence-corrected chi connectivity index (χ4v) is 4.80. The Labute approximate surface area is 152 Å². The van der Waals surface area contributed by atoms with E-state index in [0.29, 0.717) is 31.0 Å². The monoisotopic (exact) mass is 357 g/mol. The Balaban J connectivity index is 1.58. The number of benzene rings is 1. The van der Waals surface area contributed by atoms with E-state index in [0.717, 1.165) is 19.3 Å². The maximum Gasteiger partial charge on any atom is 0.292 e. The van der Waals surface area contributed by atoms with Crippen LogP contribution in [0.3, 0.4) is 0 Å². The van der Waals surface area contributed by atoms with Crippen molar-refractivity contribution >= 4 is 11.4 Å². The lowest BCUT2D eigenvalue weighted by molar-refractivity contribution is -0.384. The van der Waals surface area contributed by atoms with Crippen LogP contribution in [0.2, 0.25) is 0 Å². The van der Waals surface area contributed by atoms with Gasteiger partial charge in [-0.1, -0.05) is 6.92 Å². The Kier molecular flexibility index (Phi) is 3.94. The molecule has 2 aliphatic carbocycles. The summed E-state index contributed by atoms with van der Waals surface area (Å²) in [6.07, 6.45) is 5.14. The number of hydrogen-bond donors (Lipinski definition) is 1. The maximum absolute atomic E-state index is 11.3. The van der Waals surface area contributed by atoms with E-state index in [-0.39, 0.29) is 16.5 Å². The van der Waals surface area contributed by atoms with Crippen LogP contribution in [0.4, 0.5) is 11.4 Å². The van der Waals surface area contributed by atoms with Crippen LogP contribution in [0.5, 0.6) is 0 Å². The molecule has 1 heterocycles. The third-order valence-corrected chi connectivity index (χ3v) is 6.58. The molecule has 3 fully saturated rings. The molecule has 1 aromatic carbocycles. The van der Waals surface area contributed by atoms with Crippen molar-refractivity contribution in [2.75, 3.05) is 25.1 Å². The van der Waals surface area contributed by atoms with Crippen LogP contribution in [0, 0.1) is 32.3 Å². The van der Waals surface area contributed by atoms with Crippen LogP contribution in [0.1, 0.15) is 44.6 Å². The fourth-order valence-electron chi connectivity index (χ4n) is 4.80. The van der Waals surface area contributed by atoms with Crippen LogP contribution in [0.25, 0.3) is 0 Å². The number of ether oxygens (including phenoxy) is 2. The molecule has 4 rings (SSSR count). The summed E-state index contributed by atoms with van der Waals surface area (Å²) in [5.74, 6) is -0.495. The molecule has 0 bridgehead atoms. The minimum Gasteiger partial charge on any atom is -0.379 e. The first-order valence-electron chi connectivity index (χ1n) is 9.11. The normalized spacial score (nSPS) is 28.0. The van der Waals surface area contributed by atoms with Crippen molar-refractivity contribution in [3.05, 3.63) is 33.9 Å². The number of nitrogens with zero attached hydrogens (tertiary/aromatic N) is 2. The second-order valence-corrected chi connectivity index (χ2v) is 8.08. The summed E-state index contributed by atoms with van der Waals surface area (Å²) in [6, 6.07) is 6.47. The van der Waals surface area contributed by atoms with Crippen LogP contribution in [-0.4, -0.2) is 30.5 Å². The van der Waals surface area contributed by atoms with E-state index in [4.69, 9.17) is 14.7 Å². The maximum atomic E-state index is 11.3. The van der Waals surface area contributed by atoms with Crippen LogP contribution >= 0.6 is 0 Å². The van der Waals surface area contributed by atoms with Gasteiger partial charge in [0.15, 0.2) is 5.79 Å². The average molecular weight is 357 g/mol. The molecular formula is C19H23N3O4. The Hall–Kier alpha value is -2.17. The zero-order valence-electron chi connectivity index (χ0n) is 14.9. The third-order valence-electron chi connectivity index (χ3n) is 6.58. The fraction of sp³-hybridized carbons (Fsp3) is 0.632. The standard InChI is InChI=1S/C19H23N3O4/c1-17(12-19(25-8-9-26-19)7-6-18(17)4-5-18)13-21-15-10-14(11-20)2-3-16(15)22(23)24/h2-3,10,21H,4-9,12-13H2,1H3/t17-/m0/s1. The smallest absolute Gasteiger partial charge is 0.292 e. The summed E-state index contributed by atoms with van der Waals surface area (Å²) < 4.78 is 11.9. The zero-order valence-corrected chi connectivity index (χ0v) is 14.9. The predicted molar refractivity (Wildman–Crippen MR) is 94.6 cm³/mol. The zero-order chi connectivity index (χ0) is 18.4. The number of nitriles is 1. The molecule has 1 aliphatic heterocycles. The van der Waals surface area contributed by atoms with Crippen LogP contribution in [0.15, 0.2) is 18.2 Å². The molecule has 7 heteroatoms. The number of nitro benzene ring substituents is 1. The van der Waals surface area contributed by atoms with Gasteiger partial charge in [0.1, 0.15) is 5.69 Å². The molecule has 138 valence electrons. The van der Waals surface area contributed by atoms with Crippen LogP contribution < -0.4 is 5.32 Å². The van der Waals surface area contributed by atoms with Crippen molar-refractivity contribution in [2.24, 2.45) is 10.8 Å². The molecule has 1 saturated heterocycles. The van der Waals surface area contributed by atoms with E-state index >= 15 is 0 Å². The number of anilines is 1. The first kappa shape index (κ1) is 17.3. The lowest BCUT2D eigenvalue weighted by Crippen LogP contribution is -2.50. The van der Waals surface area contributed by atoms with Gasteiger partial charge in [-0.25, -0.2) is 0 Å². The molecule has 2 saturated carbocycles. The highest BCUT2D eigenvalue weighted by atomic mass is 16.7. The van der Waals surface area contributed by atoms with Gasteiger partial charge < -0.3 is 14.8 Å². The van der Waals surface area contributed by atoms with Gasteiger partial charge in [-0.15, -0.1) is 0 Å². The summed E-state index contributed by atoms with van der Waals surface area (Å²) in [7, 11) is 0. The summed E-state index contributed by atoms with van der Waals surface area (Å²) in [6.45, 7) is 4.09. The lowest BCUT2D eigenvalue weighted by Gasteiger charge is -2.49. The van der Waals surface area contributed by atoms with Gasteiger partial charge in [0.25, 0.3) is 5.69 Å². The number of hydrogen-bond acceptors (Lipinski definition) is 6. The van der Waals surface area contributed by atoms with Crippen LogP contribution in [-0.2, 0) is 9.47 Å². The summed E-state index contributed by atoms with van der Waals surface area (Å²) in [5.41, 5.74) is 0.996. The Morgan fingerprint density at radius 3 is 2.58 bits per heavy atom. The molecule has 1 aromatic rings. The molecule has 0 aromatic heterocycles. The van der Waals surface area contributed by atoms with Crippen molar-refractivity contribution in [3.8, 4) is 6.07 Å². The summed E-state index contributed by atoms with van der Waals surface area (Å²) in [5, 5.41) is 23.7. The molecule has 0 amide bonds. The largest absolute Gasteiger partial charge is 0.379 e. The minimum atomic E-state index is -0.495. The molecule has 2 spiro atoms. The molecular weight excluding hydrogens is 334 g/mol. The lowest BCUT2D eigenvalue weighted by atomic mass is 9.62. The van der Waals surface area contributed by atoms with Gasteiger partial charge in [-0.2, -0.15) is 5.26 Å². The quantitative estimate of drug-likeness (QED) is 0.653. The summed E-state index contributed by atoms with van der Waals surface area (Å²) >= 11 is 0. The third kappa shape index (κ3) is 2.74. The van der Waals surface area contributed by atoms with E-state index in [2.05, 4.69) is 12.2 Å². The van der Waals surface area contributed by atoms with Crippen molar-refractivity contribution in [1.82, 2.24) is 0 Å². The molecule has 1 N–H and O–H groups in total. The number of nitro groups is 1. The highest BCUT2D eigenvalue weighted by molar-refractivity contribution is 5.64. The number of nitrogens with one attached hydrogen (secondary N) is 1. The second-order valence-electron chi connectivity index (χ2n) is 8.08. The van der Waals surface area contributed by atoms with E-state index in [1.54, 1.807) is 6.07 Å². The average Bonchev–Trinajstić information content (AvgIpc) is 3.30. The highest BCUT2D eigenvalue weighted by Crippen LogP contribution is 2.68. The van der Waals surface area contributed by atoms with E-state index < -0.39 is 10.7 Å². The Morgan fingerprint density at radius 2 is 1.96 bits per heavy atom. The molecule has 3 aliphatic rings. The predicted octanol–water partition coefficient (Wildman–Crippen LogP) is 3.59. The second kappa shape index (κ2) is 5.93. The van der Waals surface area contributed by atoms with Gasteiger partial charge >= 0.3 is 0 Å². The topological polar surface area (TPSA) is 97.4 Å². The molecule has 7 nitrogen and oxygen atoms in total. The SMILES string of the molecule is C[C@@]1(CNc2cc(C#N)ccc2[N+](=O)[O-])CC2(CCC13CC3)OCCO2. The van der Waals surface area contributed by atoms with E-state index in [9.17, 15) is 10.1 Å². The van der Waals surface area contributed by atoms with Gasteiger partial charge in [0.2, 0.25) is 0 Å². The van der Waals surface area contributed by atoms with Crippen molar-refractivity contribution in [2.45, 2.75) is 44.8 Å². The Morgan fingerprint density at radius 1 is 1.27 bits per heavy atom. The van der Waals surface area contributed by atoms with E-state index in [1.165, 1.54) is 25.0 Å². The first-order valence-corrected chi connectivity index (χ1v) is 9.11. The number of rotatable bonds is 4. The van der Waals surface area contributed by atoms with Crippen molar-refractivity contribution in [3.63, 3.8) is 0 Å². The van der Waals surface area contributed by atoms with Crippen molar-refractivity contribution < 1.29 is 14.4 Å². The molecule has 0 radical (unpaired) electrons. The summed E-state index contributed by atoms with van der Waals surface area (Å²) in [4.78, 5) is 10.9. The van der Waals surface area contributed by atoms with Gasteiger partial charge in [0.05, 0.1) is 29.8 Å². The van der Waals surface area contributed by atoms with Crippen molar-refractivity contribution in [1.29, 1.82) is 5.26 Å². The Bertz CT molecular complexity index is 777. The first-order chi connectivity index (χ1) is 12.4. The molecule has 26 heavy (non-hydrogen) atoms. The molecule has 1 atom stereocenters.